The van der Waals surface area contributed by atoms with Gasteiger partial charge in [-0.25, -0.2) is 0 Å². The van der Waals surface area contributed by atoms with Gasteiger partial charge in [-0.3, -0.25) is 0 Å². The molecular formula is C22H16S. The van der Waals surface area contributed by atoms with E-state index in [2.05, 4.69) is 91.0 Å². The van der Waals surface area contributed by atoms with E-state index in [-0.39, 0.29) is 0 Å². The van der Waals surface area contributed by atoms with Gasteiger partial charge in [-0.2, -0.15) is 0 Å². The molecule has 110 valence electrons. The fourth-order valence-electron chi connectivity index (χ4n) is 2.76. The summed E-state index contributed by atoms with van der Waals surface area (Å²) in [6.07, 6.45) is 0. The fraction of sp³-hybridized carbons (Fsp3) is 0. The Morgan fingerprint density at radius 3 is 1.96 bits per heavy atom. The number of fused-ring (bicyclic) bond motifs is 1. The summed E-state index contributed by atoms with van der Waals surface area (Å²) in [6, 6.07) is 34.3. The molecule has 4 rings (SSSR count). The molecule has 0 N–H and O–H groups in total. The number of rotatable bonds is 3. The van der Waals surface area contributed by atoms with Gasteiger partial charge in [0.25, 0.3) is 0 Å². The second-order valence-corrected chi connectivity index (χ2v) is 6.59. The minimum absolute atomic E-state index is 1.26. The second kappa shape index (κ2) is 6.31. The van der Waals surface area contributed by atoms with Crippen LogP contribution in [0.1, 0.15) is 0 Å². The van der Waals surface area contributed by atoms with Crippen LogP contribution in [-0.4, -0.2) is 0 Å². The third-order valence-corrected chi connectivity index (χ3v) is 5.02. The van der Waals surface area contributed by atoms with Gasteiger partial charge in [0.15, 0.2) is 0 Å². The van der Waals surface area contributed by atoms with Crippen LogP contribution in [0.4, 0.5) is 0 Å². The van der Waals surface area contributed by atoms with Gasteiger partial charge in [0.05, 0.1) is 0 Å². The third kappa shape index (κ3) is 3.01. The summed E-state index contributed by atoms with van der Waals surface area (Å²) >= 11 is 1.82. The molecule has 0 aliphatic carbocycles. The Hall–Kier alpha value is -2.51. The lowest BCUT2D eigenvalue weighted by atomic mass is 10.1. The monoisotopic (exact) mass is 312 g/mol. The summed E-state index contributed by atoms with van der Waals surface area (Å²) in [6.45, 7) is 0. The van der Waals surface area contributed by atoms with E-state index in [0.29, 0.717) is 0 Å². The Labute approximate surface area is 140 Å². The summed E-state index contributed by atoms with van der Waals surface area (Å²) in [5.41, 5.74) is 2.52. The molecule has 0 bridgehead atoms. The predicted molar refractivity (Wildman–Crippen MR) is 99.9 cm³/mol. The molecule has 4 aromatic rings. The first-order valence-corrected chi connectivity index (χ1v) is 8.53. The number of benzene rings is 4. The highest BCUT2D eigenvalue weighted by Crippen LogP contribution is 2.34. The lowest BCUT2D eigenvalue weighted by molar-refractivity contribution is 1.43. The van der Waals surface area contributed by atoms with E-state index in [1.165, 1.54) is 31.7 Å². The molecule has 0 spiro atoms. The summed E-state index contributed by atoms with van der Waals surface area (Å²) in [5.74, 6) is 0. The van der Waals surface area contributed by atoms with E-state index in [1.54, 1.807) is 0 Å². The van der Waals surface area contributed by atoms with Crippen molar-refractivity contribution in [3.63, 3.8) is 0 Å². The molecule has 0 aliphatic heterocycles. The maximum Gasteiger partial charge on any atom is 0.0200 e. The van der Waals surface area contributed by atoms with Gasteiger partial charge >= 0.3 is 0 Å². The van der Waals surface area contributed by atoms with Crippen LogP contribution in [0, 0.1) is 0 Å². The number of hydrogen-bond donors (Lipinski definition) is 0. The van der Waals surface area contributed by atoms with Crippen LogP contribution in [0.25, 0.3) is 21.9 Å². The van der Waals surface area contributed by atoms with Gasteiger partial charge in [-0.15, -0.1) is 0 Å². The Kier molecular flexibility index (Phi) is 3.87. The second-order valence-electron chi connectivity index (χ2n) is 5.47. The molecule has 0 fully saturated rings. The Bertz CT molecular complexity index is 919. The first-order chi connectivity index (χ1) is 11.4. The zero-order valence-electron chi connectivity index (χ0n) is 12.6. The van der Waals surface area contributed by atoms with Gasteiger partial charge < -0.3 is 0 Å². The van der Waals surface area contributed by atoms with Gasteiger partial charge in [0.1, 0.15) is 0 Å². The summed E-state index contributed by atoms with van der Waals surface area (Å²) < 4.78 is 0. The lowest BCUT2D eigenvalue weighted by Crippen LogP contribution is -1.80. The highest BCUT2D eigenvalue weighted by Gasteiger charge is 2.03. The van der Waals surface area contributed by atoms with Crippen molar-refractivity contribution in [1.29, 1.82) is 0 Å². The number of hydrogen-bond acceptors (Lipinski definition) is 1. The van der Waals surface area contributed by atoms with Crippen molar-refractivity contribution < 1.29 is 0 Å². The van der Waals surface area contributed by atoms with E-state index in [9.17, 15) is 0 Å². The third-order valence-electron chi connectivity index (χ3n) is 3.94. The van der Waals surface area contributed by atoms with Crippen LogP contribution in [-0.2, 0) is 0 Å². The van der Waals surface area contributed by atoms with Crippen molar-refractivity contribution in [3.8, 4) is 11.1 Å². The standard InChI is InChI=1S/C22H16S/c1-2-7-17(8-3-1)18-13-15-20(16-14-18)23-22-12-6-10-19-9-4-5-11-21(19)22/h1-16H. The molecule has 1 heteroatoms. The molecule has 0 heterocycles. The minimum Gasteiger partial charge on any atom is -0.0895 e. The molecule has 0 saturated heterocycles. The molecule has 0 aromatic heterocycles. The quantitative estimate of drug-likeness (QED) is 0.407. The van der Waals surface area contributed by atoms with Gasteiger partial charge in [0, 0.05) is 9.79 Å². The first-order valence-electron chi connectivity index (χ1n) is 7.71. The molecule has 0 aliphatic rings. The van der Waals surface area contributed by atoms with Crippen molar-refractivity contribution in [2.75, 3.05) is 0 Å². The molecular weight excluding hydrogens is 296 g/mol. The maximum absolute atomic E-state index is 2.20. The van der Waals surface area contributed by atoms with Crippen LogP contribution in [0.3, 0.4) is 0 Å². The SMILES string of the molecule is c1ccc(-c2ccc(Sc3cccc4ccccc34)cc2)cc1. The molecule has 0 saturated carbocycles. The van der Waals surface area contributed by atoms with Crippen LogP contribution in [0.2, 0.25) is 0 Å². The normalized spacial score (nSPS) is 10.8. The van der Waals surface area contributed by atoms with Crippen molar-refractivity contribution in [2.45, 2.75) is 9.79 Å². The Morgan fingerprint density at radius 2 is 1.13 bits per heavy atom. The van der Waals surface area contributed by atoms with Crippen LogP contribution in [0.15, 0.2) is 107 Å². The molecule has 0 radical (unpaired) electrons. The van der Waals surface area contributed by atoms with Crippen LogP contribution < -0.4 is 0 Å². The molecule has 0 atom stereocenters. The van der Waals surface area contributed by atoms with E-state index < -0.39 is 0 Å². The van der Waals surface area contributed by atoms with Gasteiger partial charge in [-0.05, 0) is 40.1 Å². The van der Waals surface area contributed by atoms with Crippen LogP contribution in [0.5, 0.6) is 0 Å². The lowest BCUT2D eigenvalue weighted by Gasteiger charge is -2.07. The van der Waals surface area contributed by atoms with Crippen molar-refractivity contribution in [1.82, 2.24) is 0 Å². The van der Waals surface area contributed by atoms with Crippen LogP contribution >= 0.6 is 11.8 Å². The highest BCUT2D eigenvalue weighted by atomic mass is 32.2. The fourth-order valence-corrected chi connectivity index (χ4v) is 3.73. The topological polar surface area (TPSA) is 0 Å². The maximum atomic E-state index is 2.20. The molecule has 0 nitrogen and oxygen atoms in total. The average molecular weight is 312 g/mol. The minimum atomic E-state index is 1.26. The van der Waals surface area contributed by atoms with E-state index in [0.717, 1.165) is 0 Å². The smallest absolute Gasteiger partial charge is 0.0200 e. The van der Waals surface area contributed by atoms with E-state index >= 15 is 0 Å². The van der Waals surface area contributed by atoms with E-state index in [1.807, 2.05) is 17.8 Å². The molecule has 0 unspecified atom stereocenters. The molecule has 23 heavy (non-hydrogen) atoms. The Balaban J connectivity index is 1.64. The molecule has 0 amide bonds. The molecule has 4 aromatic carbocycles. The first kappa shape index (κ1) is 14.1. The zero-order chi connectivity index (χ0) is 15.5. The van der Waals surface area contributed by atoms with Crippen molar-refractivity contribution in [3.05, 3.63) is 97.1 Å². The summed E-state index contributed by atoms with van der Waals surface area (Å²) in [5, 5.41) is 2.60. The predicted octanol–water partition coefficient (Wildman–Crippen LogP) is 6.66. The average Bonchev–Trinajstić information content (AvgIpc) is 2.63. The van der Waals surface area contributed by atoms with E-state index in [4.69, 9.17) is 0 Å². The summed E-state index contributed by atoms with van der Waals surface area (Å²) in [7, 11) is 0. The van der Waals surface area contributed by atoms with Crippen molar-refractivity contribution >= 4 is 22.5 Å². The van der Waals surface area contributed by atoms with Crippen molar-refractivity contribution in [2.24, 2.45) is 0 Å². The summed E-state index contributed by atoms with van der Waals surface area (Å²) in [4.78, 5) is 2.57. The largest absolute Gasteiger partial charge is 0.0895 e. The highest BCUT2D eigenvalue weighted by molar-refractivity contribution is 7.99. The van der Waals surface area contributed by atoms with Gasteiger partial charge in [0.2, 0.25) is 0 Å². The Morgan fingerprint density at radius 1 is 0.478 bits per heavy atom. The zero-order valence-corrected chi connectivity index (χ0v) is 13.5. The van der Waals surface area contributed by atoms with Gasteiger partial charge in [-0.1, -0.05) is 90.6 Å².